The van der Waals surface area contributed by atoms with Gasteiger partial charge in [-0.05, 0) is 32.0 Å². The van der Waals surface area contributed by atoms with Crippen LogP contribution in [0.15, 0.2) is 23.7 Å². The summed E-state index contributed by atoms with van der Waals surface area (Å²) in [7, 11) is 0. The Morgan fingerprint density at radius 3 is 2.85 bits per heavy atom. The van der Waals surface area contributed by atoms with Gasteiger partial charge in [-0.3, -0.25) is 0 Å². The van der Waals surface area contributed by atoms with Crippen LogP contribution in [0.1, 0.15) is 28.7 Å². The maximum absolute atomic E-state index is 6.27. The average Bonchev–Trinajstić information content (AvgIpc) is 2.95. The lowest BCUT2D eigenvalue weighted by Crippen LogP contribution is -2.05. The van der Waals surface area contributed by atoms with Gasteiger partial charge >= 0.3 is 0 Å². The zero-order valence-corrected chi connectivity index (χ0v) is 13.4. The van der Waals surface area contributed by atoms with Crippen molar-refractivity contribution in [2.24, 2.45) is 0 Å². The molecule has 0 aliphatic heterocycles. The zero-order chi connectivity index (χ0) is 14.3. The molecule has 0 aliphatic carbocycles. The molecule has 2 aromatic heterocycles. The third-order valence-electron chi connectivity index (χ3n) is 3.24. The van der Waals surface area contributed by atoms with Crippen LogP contribution in [0.2, 0.25) is 5.02 Å². The third kappa shape index (κ3) is 2.43. The van der Waals surface area contributed by atoms with Crippen molar-refractivity contribution >= 4 is 45.6 Å². The van der Waals surface area contributed by atoms with Crippen molar-refractivity contribution in [3.8, 4) is 0 Å². The molecule has 0 saturated heterocycles. The molecule has 0 spiro atoms. The number of thiazole rings is 1. The van der Waals surface area contributed by atoms with Crippen LogP contribution >= 0.6 is 34.5 Å². The van der Waals surface area contributed by atoms with E-state index in [4.69, 9.17) is 23.2 Å². The van der Waals surface area contributed by atoms with E-state index in [0.717, 1.165) is 29.1 Å². The second-order valence-electron chi connectivity index (χ2n) is 4.67. The van der Waals surface area contributed by atoms with Crippen LogP contribution in [0, 0.1) is 6.92 Å². The van der Waals surface area contributed by atoms with E-state index < -0.39 is 0 Å². The summed E-state index contributed by atoms with van der Waals surface area (Å²) in [5, 5.41) is 0.527. The van der Waals surface area contributed by atoms with Gasteiger partial charge in [0.2, 0.25) is 0 Å². The van der Waals surface area contributed by atoms with Gasteiger partial charge in [0.05, 0.1) is 34.2 Å². The summed E-state index contributed by atoms with van der Waals surface area (Å²) in [6.45, 7) is 4.69. The molecule has 3 aromatic rings. The predicted octanol–water partition coefficient (Wildman–Crippen LogP) is 4.80. The number of alkyl halides is 1. The first-order valence-electron chi connectivity index (χ1n) is 6.25. The fraction of sp³-hybridized carbons (Fsp3) is 0.286. The second kappa shape index (κ2) is 5.35. The van der Waals surface area contributed by atoms with E-state index in [1.54, 1.807) is 11.3 Å². The molecule has 3 nitrogen and oxygen atoms in total. The molecule has 0 aliphatic rings. The van der Waals surface area contributed by atoms with Crippen LogP contribution in [0.5, 0.6) is 0 Å². The van der Waals surface area contributed by atoms with Crippen LogP contribution in [0.3, 0.4) is 0 Å². The fourth-order valence-corrected chi connectivity index (χ4v) is 3.31. The summed E-state index contributed by atoms with van der Waals surface area (Å²) >= 11 is 14.0. The largest absolute Gasteiger partial charge is 0.321 e. The van der Waals surface area contributed by atoms with Gasteiger partial charge in [0, 0.05) is 9.90 Å². The molecule has 0 fully saturated rings. The topological polar surface area (TPSA) is 30.7 Å². The van der Waals surface area contributed by atoms with E-state index in [1.807, 2.05) is 37.6 Å². The summed E-state index contributed by atoms with van der Waals surface area (Å²) < 4.78 is 2.14. The Morgan fingerprint density at radius 1 is 1.40 bits per heavy atom. The second-order valence-corrected chi connectivity index (χ2v) is 6.70. The van der Waals surface area contributed by atoms with Crippen molar-refractivity contribution < 1.29 is 0 Å². The van der Waals surface area contributed by atoms with Crippen LogP contribution in [-0.2, 0) is 6.54 Å². The molecular formula is C14H13Cl2N3S. The Hall–Kier alpha value is -1.10. The maximum Gasteiger partial charge on any atom is 0.128 e. The number of rotatable bonds is 3. The van der Waals surface area contributed by atoms with Gasteiger partial charge in [-0.2, -0.15) is 0 Å². The number of benzene rings is 1. The number of fused-ring (bicyclic) bond motifs is 1. The Kier molecular flexibility index (Phi) is 3.71. The first-order valence-corrected chi connectivity index (χ1v) is 7.94. The molecule has 1 aromatic carbocycles. The van der Waals surface area contributed by atoms with Crippen LogP contribution in [0.25, 0.3) is 11.0 Å². The number of aromatic nitrogens is 3. The Balaban J connectivity index is 2.16. The van der Waals surface area contributed by atoms with E-state index in [2.05, 4.69) is 14.5 Å². The van der Waals surface area contributed by atoms with E-state index in [1.165, 1.54) is 4.88 Å². The molecule has 6 heteroatoms. The lowest BCUT2D eigenvalue weighted by atomic mass is 10.3. The van der Waals surface area contributed by atoms with Crippen LogP contribution in [0.4, 0.5) is 0 Å². The molecule has 0 bridgehead atoms. The summed E-state index contributed by atoms with van der Waals surface area (Å²) in [6, 6.07) is 5.74. The Morgan fingerprint density at radius 2 is 2.20 bits per heavy atom. The van der Waals surface area contributed by atoms with E-state index in [9.17, 15) is 0 Å². The monoisotopic (exact) mass is 325 g/mol. The highest BCUT2D eigenvalue weighted by atomic mass is 35.5. The molecule has 0 amide bonds. The van der Waals surface area contributed by atoms with Gasteiger partial charge < -0.3 is 4.57 Å². The molecule has 20 heavy (non-hydrogen) atoms. The van der Waals surface area contributed by atoms with Crippen molar-refractivity contribution in [1.82, 2.24) is 14.5 Å². The van der Waals surface area contributed by atoms with Gasteiger partial charge in [0.1, 0.15) is 5.82 Å². The number of nitrogens with zero attached hydrogens (tertiary/aromatic N) is 3. The zero-order valence-electron chi connectivity index (χ0n) is 11.1. The molecule has 2 heterocycles. The lowest BCUT2D eigenvalue weighted by Gasteiger charge is -2.09. The van der Waals surface area contributed by atoms with Gasteiger partial charge in [-0.15, -0.1) is 22.9 Å². The van der Waals surface area contributed by atoms with E-state index in [-0.39, 0.29) is 5.38 Å². The molecule has 0 radical (unpaired) electrons. The smallest absolute Gasteiger partial charge is 0.128 e. The van der Waals surface area contributed by atoms with Gasteiger partial charge in [0.25, 0.3) is 0 Å². The van der Waals surface area contributed by atoms with Gasteiger partial charge in [-0.25, -0.2) is 9.97 Å². The highest BCUT2D eigenvalue weighted by Crippen LogP contribution is 2.28. The van der Waals surface area contributed by atoms with Crippen molar-refractivity contribution in [3.63, 3.8) is 0 Å². The predicted molar refractivity (Wildman–Crippen MR) is 85.0 cm³/mol. The van der Waals surface area contributed by atoms with E-state index >= 15 is 0 Å². The van der Waals surface area contributed by atoms with Gasteiger partial charge in [-0.1, -0.05) is 11.6 Å². The number of aryl methyl sites for hydroxylation is 1. The van der Waals surface area contributed by atoms with Crippen molar-refractivity contribution in [1.29, 1.82) is 0 Å². The highest BCUT2D eigenvalue weighted by molar-refractivity contribution is 7.09. The summed E-state index contributed by atoms with van der Waals surface area (Å²) in [4.78, 5) is 10.1. The first kappa shape index (κ1) is 13.9. The summed E-state index contributed by atoms with van der Waals surface area (Å²) in [5.74, 6) is 0.858. The molecule has 0 saturated carbocycles. The molecule has 104 valence electrons. The van der Waals surface area contributed by atoms with Crippen LogP contribution in [-0.4, -0.2) is 14.5 Å². The number of halogens is 2. The first-order chi connectivity index (χ1) is 9.56. The van der Waals surface area contributed by atoms with Crippen LogP contribution < -0.4 is 0 Å². The minimum Gasteiger partial charge on any atom is -0.321 e. The molecular weight excluding hydrogens is 313 g/mol. The lowest BCUT2D eigenvalue weighted by molar-refractivity contribution is 0.746. The SMILES string of the molecule is Cc1ncsc1Cn1c(C(C)Cl)nc2cc(Cl)ccc21. The summed E-state index contributed by atoms with van der Waals surface area (Å²) in [6.07, 6.45) is 0. The van der Waals surface area contributed by atoms with E-state index in [0.29, 0.717) is 5.02 Å². The Labute approximate surface area is 131 Å². The van der Waals surface area contributed by atoms with Crippen molar-refractivity contribution in [2.75, 3.05) is 0 Å². The number of imidazole rings is 1. The minimum absolute atomic E-state index is 0.158. The minimum atomic E-state index is -0.158. The molecule has 0 N–H and O–H groups in total. The maximum atomic E-state index is 6.27. The summed E-state index contributed by atoms with van der Waals surface area (Å²) in [5.41, 5.74) is 4.84. The van der Waals surface area contributed by atoms with Crippen molar-refractivity contribution in [2.45, 2.75) is 25.8 Å². The Bertz CT molecular complexity index is 761. The average molecular weight is 326 g/mol. The molecule has 1 atom stereocenters. The molecule has 1 unspecified atom stereocenters. The molecule has 3 rings (SSSR count). The third-order valence-corrected chi connectivity index (χ3v) is 4.59. The number of hydrogen-bond acceptors (Lipinski definition) is 3. The fourth-order valence-electron chi connectivity index (χ4n) is 2.21. The quantitative estimate of drug-likeness (QED) is 0.647. The standard InChI is InChI=1S/C14H13Cl2N3S/c1-8(15)14-18-11-5-10(16)3-4-12(11)19(14)6-13-9(2)17-7-20-13/h3-5,7-8H,6H2,1-2H3. The normalized spacial score (nSPS) is 13.0. The number of hydrogen-bond donors (Lipinski definition) is 0. The van der Waals surface area contributed by atoms with Gasteiger partial charge in [0.15, 0.2) is 0 Å². The highest BCUT2D eigenvalue weighted by Gasteiger charge is 2.16. The van der Waals surface area contributed by atoms with Crippen molar-refractivity contribution in [3.05, 3.63) is 45.1 Å².